The van der Waals surface area contributed by atoms with Crippen LogP contribution in [0.2, 0.25) is 0 Å². The Labute approximate surface area is 72.6 Å². The lowest BCUT2D eigenvalue weighted by molar-refractivity contribution is -0.428. The van der Waals surface area contributed by atoms with Gasteiger partial charge in [-0.25, -0.2) is 0 Å². The molecule has 0 N–H and O–H groups in total. The summed E-state index contributed by atoms with van der Waals surface area (Å²) in [5.41, 5.74) is 0.391. The van der Waals surface area contributed by atoms with Gasteiger partial charge in [0, 0.05) is 6.42 Å². The van der Waals surface area contributed by atoms with Gasteiger partial charge >= 0.3 is 0 Å². The van der Waals surface area contributed by atoms with Crippen LogP contribution in [0.5, 0.6) is 0 Å². The minimum Gasteiger partial charge on any atom is -0.259 e. The molecule has 0 aromatic heterocycles. The molecule has 0 heterocycles. The lowest BCUT2D eigenvalue weighted by atomic mass is 10.1. The molecule has 0 aliphatic heterocycles. The minimum atomic E-state index is -0.252. The number of nitrogens with zero attached hydrogens (tertiary/aromatic N) is 1. The van der Waals surface area contributed by atoms with Crippen molar-refractivity contribution in [1.29, 1.82) is 0 Å². The molecule has 12 heavy (non-hydrogen) atoms. The molecule has 0 spiro atoms. The van der Waals surface area contributed by atoms with Crippen molar-refractivity contribution in [2.24, 2.45) is 5.92 Å². The number of hydrogen-bond donors (Lipinski definition) is 0. The molecule has 1 saturated carbocycles. The summed E-state index contributed by atoms with van der Waals surface area (Å²) in [6.45, 7) is 1.84. The predicted molar refractivity (Wildman–Crippen MR) is 47.3 cm³/mol. The standard InChI is InChI=1S/C9H15NO2/c1-2-9(10(11)12)7-8-5-3-4-6-8/h7-8H,2-6H2,1H3/b9-7+. The minimum absolute atomic E-state index is 0.252. The quantitative estimate of drug-likeness (QED) is 0.481. The van der Waals surface area contributed by atoms with Crippen molar-refractivity contribution in [2.45, 2.75) is 39.0 Å². The van der Waals surface area contributed by atoms with Gasteiger partial charge in [-0.1, -0.05) is 19.8 Å². The van der Waals surface area contributed by atoms with Gasteiger partial charge in [-0.15, -0.1) is 0 Å². The summed E-state index contributed by atoms with van der Waals surface area (Å²) in [4.78, 5) is 10.2. The van der Waals surface area contributed by atoms with Crippen LogP contribution in [-0.2, 0) is 0 Å². The van der Waals surface area contributed by atoms with Gasteiger partial charge in [-0.2, -0.15) is 0 Å². The molecule has 3 heteroatoms. The summed E-state index contributed by atoms with van der Waals surface area (Å²) in [6.07, 6.45) is 7.14. The van der Waals surface area contributed by atoms with E-state index in [1.54, 1.807) is 0 Å². The van der Waals surface area contributed by atoms with Crippen molar-refractivity contribution in [2.75, 3.05) is 0 Å². The first-order valence-corrected chi connectivity index (χ1v) is 4.59. The van der Waals surface area contributed by atoms with E-state index in [4.69, 9.17) is 0 Å². The van der Waals surface area contributed by atoms with Crippen molar-refractivity contribution in [3.63, 3.8) is 0 Å². The number of nitro groups is 1. The van der Waals surface area contributed by atoms with Crippen molar-refractivity contribution >= 4 is 0 Å². The molecule has 0 radical (unpaired) electrons. The summed E-state index contributed by atoms with van der Waals surface area (Å²) < 4.78 is 0. The van der Waals surface area contributed by atoms with Crippen LogP contribution in [0.15, 0.2) is 11.8 Å². The molecule has 0 unspecified atom stereocenters. The molecule has 1 aliphatic carbocycles. The SMILES string of the molecule is CC/C(=C\C1CCCC1)[N+](=O)[O-]. The zero-order chi connectivity index (χ0) is 8.97. The molecule has 1 fully saturated rings. The van der Waals surface area contributed by atoms with Crippen LogP contribution in [0.4, 0.5) is 0 Å². The topological polar surface area (TPSA) is 43.1 Å². The van der Waals surface area contributed by atoms with Gasteiger partial charge in [0.05, 0.1) is 4.92 Å². The monoisotopic (exact) mass is 169 g/mol. The van der Waals surface area contributed by atoms with Crippen LogP contribution in [-0.4, -0.2) is 4.92 Å². The van der Waals surface area contributed by atoms with Gasteiger partial charge in [0.25, 0.3) is 0 Å². The van der Waals surface area contributed by atoms with Gasteiger partial charge in [0.1, 0.15) is 0 Å². The molecule has 68 valence electrons. The Morgan fingerprint density at radius 2 is 2.17 bits per heavy atom. The van der Waals surface area contributed by atoms with Crippen LogP contribution in [0.25, 0.3) is 0 Å². The number of allylic oxidation sites excluding steroid dienone is 2. The highest BCUT2D eigenvalue weighted by molar-refractivity contribution is 4.96. The van der Waals surface area contributed by atoms with Crippen LogP contribution in [0.1, 0.15) is 39.0 Å². The molecule has 0 atom stereocenters. The Kier molecular flexibility index (Phi) is 3.26. The Morgan fingerprint density at radius 1 is 1.58 bits per heavy atom. The third-order valence-corrected chi connectivity index (χ3v) is 2.42. The van der Waals surface area contributed by atoms with E-state index in [0.29, 0.717) is 18.0 Å². The molecule has 1 rings (SSSR count). The van der Waals surface area contributed by atoms with E-state index in [1.807, 2.05) is 13.0 Å². The average molecular weight is 169 g/mol. The van der Waals surface area contributed by atoms with Crippen LogP contribution < -0.4 is 0 Å². The second kappa shape index (κ2) is 4.24. The zero-order valence-electron chi connectivity index (χ0n) is 7.45. The Hall–Kier alpha value is -0.860. The molecule has 0 amide bonds. The van der Waals surface area contributed by atoms with Gasteiger partial charge in [-0.3, -0.25) is 10.1 Å². The van der Waals surface area contributed by atoms with Crippen LogP contribution >= 0.6 is 0 Å². The second-order valence-electron chi connectivity index (χ2n) is 3.31. The summed E-state index contributed by atoms with van der Waals surface area (Å²) in [5.74, 6) is 0.477. The highest BCUT2D eigenvalue weighted by Gasteiger charge is 2.16. The maximum Gasteiger partial charge on any atom is 0.242 e. The Morgan fingerprint density at radius 3 is 2.58 bits per heavy atom. The molecule has 1 aliphatic rings. The Bertz CT molecular complexity index is 193. The largest absolute Gasteiger partial charge is 0.259 e. The van der Waals surface area contributed by atoms with Crippen molar-refractivity contribution in [3.05, 3.63) is 21.9 Å². The summed E-state index contributed by atoms with van der Waals surface area (Å²) >= 11 is 0. The van der Waals surface area contributed by atoms with E-state index >= 15 is 0 Å². The lowest BCUT2D eigenvalue weighted by Crippen LogP contribution is -2.00. The van der Waals surface area contributed by atoms with E-state index in [9.17, 15) is 10.1 Å². The first-order chi connectivity index (χ1) is 5.74. The maximum atomic E-state index is 10.5. The highest BCUT2D eigenvalue weighted by Crippen LogP contribution is 2.27. The van der Waals surface area contributed by atoms with Crippen LogP contribution in [0, 0.1) is 16.0 Å². The zero-order valence-corrected chi connectivity index (χ0v) is 7.45. The first kappa shape index (κ1) is 9.23. The highest BCUT2D eigenvalue weighted by atomic mass is 16.6. The van der Waals surface area contributed by atoms with E-state index in [2.05, 4.69) is 0 Å². The van der Waals surface area contributed by atoms with Gasteiger partial charge in [0.2, 0.25) is 5.70 Å². The summed E-state index contributed by atoms with van der Waals surface area (Å²) in [7, 11) is 0. The fourth-order valence-corrected chi connectivity index (χ4v) is 1.70. The van der Waals surface area contributed by atoms with E-state index in [0.717, 1.165) is 12.8 Å². The molecule has 0 bridgehead atoms. The van der Waals surface area contributed by atoms with E-state index in [1.165, 1.54) is 12.8 Å². The fourth-order valence-electron chi connectivity index (χ4n) is 1.70. The van der Waals surface area contributed by atoms with Crippen molar-refractivity contribution < 1.29 is 4.92 Å². The van der Waals surface area contributed by atoms with E-state index in [-0.39, 0.29) is 4.92 Å². The molecule has 3 nitrogen and oxygen atoms in total. The summed E-state index contributed by atoms with van der Waals surface area (Å²) in [5, 5.41) is 10.5. The molecule has 0 aromatic carbocycles. The third-order valence-electron chi connectivity index (χ3n) is 2.42. The van der Waals surface area contributed by atoms with E-state index < -0.39 is 0 Å². The normalized spacial score (nSPS) is 19.9. The Balaban J connectivity index is 2.56. The number of rotatable bonds is 3. The lowest BCUT2D eigenvalue weighted by Gasteiger charge is -2.00. The smallest absolute Gasteiger partial charge is 0.242 e. The third kappa shape index (κ3) is 2.32. The van der Waals surface area contributed by atoms with Gasteiger partial charge in [0.15, 0.2) is 0 Å². The van der Waals surface area contributed by atoms with Crippen LogP contribution in [0.3, 0.4) is 0 Å². The molecule has 0 aromatic rings. The van der Waals surface area contributed by atoms with Crippen molar-refractivity contribution in [1.82, 2.24) is 0 Å². The number of hydrogen-bond acceptors (Lipinski definition) is 2. The van der Waals surface area contributed by atoms with Crippen molar-refractivity contribution in [3.8, 4) is 0 Å². The van der Waals surface area contributed by atoms with Gasteiger partial charge in [-0.05, 0) is 24.8 Å². The molecule has 0 saturated heterocycles. The summed E-state index contributed by atoms with van der Waals surface area (Å²) in [6, 6.07) is 0. The first-order valence-electron chi connectivity index (χ1n) is 4.59. The fraction of sp³-hybridized carbons (Fsp3) is 0.778. The second-order valence-corrected chi connectivity index (χ2v) is 3.31. The van der Waals surface area contributed by atoms with Gasteiger partial charge < -0.3 is 0 Å². The predicted octanol–water partition coefficient (Wildman–Crippen LogP) is 2.75. The maximum absolute atomic E-state index is 10.5. The average Bonchev–Trinajstić information content (AvgIpc) is 2.51. The molecular weight excluding hydrogens is 154 g/mol. The molecular formula is C9H15NO2.